The van der Waals surface area contributed by atoms with Gasteiger partial charge in [-0.2, -0.15) is 5.10 Å². The van der Waals surface area contributed by atoms with Gasteiger partial charge in [-0.1, -0.05) is 12.1 Å². The SMILES string of the molecule is CCn1nc(C)c(C(=O)N2C[C@@H]3CN(C(C)=O)[C@@H](c4cccc(F)c4)[C@@H]3C2)c1C. The van der Waals surface area contributed by atoms with Gasteiger partial charge in [-0.3, -0.25) is 14.3 Å². The molecule has 1 aromatic heterocycles. The Balaban J connectivity index is 1.62. The lowest BCUT2D eigenvalue weighted by molar-refractivity contribution is -0.130. The fourth-order valence-corrected chi connectivity index (χ4v) is 5.13. The van der Waals surface area contributed by atoms with Crippen LogP contribution in [0.2, 0.25) is 0 Å². The van der Waals surface area contributed by atoms with Crippen molar-refractivity contribution in [1.29, 1.82) is 0 Å². The van der Waals surface area contributed by atoms with E-state index in [9.17, 15) is 14.0 Å². The van der Waals surface area contributed by atoms with Crippen LogP contribution in [0.4, 0.5) is 4.39 Å². The Bertz CT molecular complexity index is 970. The molecule has 2 aliphatic rings. The lowest BCUT2D eigenvalue weighted by Gasteiger charge is -2.29. The van der Waals surface area contributed by atoms with Crippen LogP contribution in [0.25, 0.3) is 0 Å². The maximum absolute atomic E-state index is 13.9. The van der Waals surface area contributed by atoms with Gasteiger partial charge in [0.1, 0.15) is 5.82 Å². The Morgan fingerprint density at radius 3 is 2.59 bits per heavy atom. The van der Waals surface area contributed by atoms with Gasteiger partial charge in [0.25, 0.3) is 5.91 Å². The van der Waals surface area contributed by atoms with Crippen molar-refractivity contribution in [3.63, 3.8) is 0 Å². The van der Waals surface area contributed by atoms with E-state index in [1.54, 1.807) is 13.0 Å². The summed E-state index contributed by atoms with van der Waals surface area (Å²) < 4.78 is 15.7. The van der Waals surface area contributed by atoms with E-state index in [2.05, 4.69) is 5.10 Å². The maximum Gasteiger partial charge on any atom is 0.257 e. The lowest BCUT2D eigenvalue weighted by Crippen LogP contribution is -2.36. The highest BCUT2D eigenvalue weighted by Gasteiger charge is 2.49. The minimum absolute atomic E-state index is 0.00136. The number of aryl methyl sites for hydroxylation is 2. The van der Waals surface area contributed by atoms with E-state index in [1.165, 1.54) is 12.1 Å². The molecule has 2 aliphatic heterocycles. The first-order chi connectivity index (χ1) is 13.8. The lowest BCUT2D eigenvalue weighted by atomic mass is 9.89. The molecule has 3 heterocycles. The molecule has 4 rings (SSSR count). The predicted molar refractivity (Wildman–Crippen MR) is 107 cm³/mol. The van der Waals surface area contributed by atoms with E-state index in [-0.39, 0.29) is 35.5 Å². The standard InChI is InChI=1S/C22H27FN4O2/c1-5-27-14(3)20(13(2)24-27)22(29)25-10-17-11-26(15(4)28)21(19(17)12-25)16-7-6-8-18(23)9-16/h6-9,17,19,21H,5,10-12H2,1-4H3/t17-,19-,21+/m1/s1. The summed E-state index contributed by atoms with van der Waals surface area (Å²) in [5, 5.41) is 4.48. The molecule has 3 atom stereocenters. The molecule has 0 saturated carbocycles. The van der Waals surface area contributed by atoms with E-state index < -0.39 is 0 Å². The van der Waals surface area contributed by atoms with Crippen LogP contribution in [0.5, 0.6) is 0 Å². The number of benzene rings is 1. The van der Waals surface area contributed by atoms with Crippen LogP contribution < -0.4 is 0 Å². The molecule has 0 unspecified atom stereocenters. The summed E-state index contributed by atoms with van der Waals surface area (Å²) in [4.78, 5) is 29.3. The van der Waals surface area contributed by atoms with Crippen LogP contribution in [0.1, 0.15) is 47.2 Å². The van der Waals surface area contributed by atoms with Crippen molar-refractivity contribution < 1.29 is 14.0 Å². The fraction of sp³-hybridized carbons (Fsp3) is 0.500. The molecule has 0 spiro atoms. The van der Waals surface area contributed by atoms with E-state index in [0.717, 1.165) is 23.5 Å². The largest absolute Gasteiger partial charge is 0.338 e. The van der Waals surface area contributed by atoms with Crippen LogP contribution in [0.15, 0.2) is 24.3 Å². The van der Waals surface area contributed by atoms with Gasteiger partial charge >= 0.3 is 0 Å². The van der Waals surface area contributed by atoms with Gasteiger partial charge in [0.15, 0.2) is 0 Å². The van der Waals surface area contributed by atoms with Gasteiger partial charge in [-0.25, -0.2) is 4.39 Å². The number of carbonyl (C=O) groups is 2. The Hall–Kier alpha value is -2.70. The van der Waals surface area contributed by atoms with Crippen molar-refractivity contribution in [3.8, 4) is 0 Å². The normalized spacial score (nSPS) is 23.6. The average molecular weight is 398 g/mol. The van der Waals surface area contributed by atoms with Crippen molar-refractivity contribution in [1.82, 2.24) is 19.6 Å². The first kappa shape index (κ1) is 19.6. The van der Waals surface area contributed by atoms with Crippen LogP contribution in [-0.2, 0) is 11.3 Å². The Morgan fingerprint density at radius 2 is 1.97 bits per heavy atom. The van der Waals surface area contributed by atoms with Crippen LogP contribution in [0.3, 0.4) is 0 Å². The van der Waals surface area contributed by atoms with Crippen molar-refractivity contribution in [2.24, 2.45) is 11.8 Å². The molecule has 0 radical (unpaired) electrons. The van der Waals surface area contributed by atoms with Gasteiger partial charge in [-0.15, -0.1) is 0 Å². The summed E-state index contributed by atoms with van der Waals surface area (Å²) in [7, 11) is 0. The average Bonchev–Trinajstić information content (AvgIpc) is 3.31. The van der Waals surface area contributed by atoms with E-state index in [0.29, 0.717) is 25.2 Å². The van der Waals surface area contributed by atoms with Gasteiger partial charge in [0, 0.05) is 50.6 Å². The molecular formula is C22H27FN4O2. The van der Waals surface area contributed by atoms with Crippen molar-refractivity contribution in [2.45, 2.75) is 40.3 Å². The molecule has 2 amide bonds. The first-order valence-corrected chi connectivity index (χ1v) is 10.2. The third kappa shape index (κ3) is 3.22. The predicted octanol–water partition coefficient (Wildman–Crippen LogP) is 2.95. The quantitative estimate of drug-likeness (QED) is 0.799. The van der Waals surface area contributed by atoms with Gasteiger partial charge in [0.2, 0.25) is 5.91 Å². The number of aromatic nitrogens is 2. The second kappa shape index (κ2) is 7.28. The Kier molecular flexibility index (Phi) is 4.92. The number of amides is 2. The van der Waals surface area contributed by atoms with Gasteiger partial charge in [0.05, 0.1) is 17.3 Å². The third-order valence-corrected chi connectivity index (χ3v) is 6.44. The number of fused-ring (bicyclic) bond motifs is 1. The minimum atomic E-state index is -0.307. The second-order valence-corrected chi connectivity index (χ2v) is 8.17. The molecule has 154 valence electrons. The van der Waals surface area contributed by atoms with E-state index >= 15 is 0 Å². The van der Waals surface area contributed by atoms with Gasteiger partial charge < -0.3 is 9.80 Å². The molecular weight excluding hydrogens is 371 g/mol. The highest BCUT2D eigenvalue weighted by Crippen LogP contribution is 2.45. The number of rotatable bonds is 3. The number of hydrogen-bond acceptors (Lipinski definition) is 3. The summed E-state index contributed by atoms with van der Waals surface area (Å²) in [5.74, 6) is -0.0213. The van der Waals surface area contributed by atoms with Crippen molar-refractivity contribution >= 4 is 11.8 Å². The summed E-state index contributed by atoms with van der Waals surface area (Å²) >= 11 is 0. The zero-order valence-corrected chi connectivity index (χ0v) is 17.4. The molecule has 0 aliphatic carbocycles. The Morgan fingerprint density at radius 1 is 1.21 bits per heavy atom. The molecule has 2 aromatic rings. The molecule has 0 bridgehead atoms. The molecule has 29 heavy (non-hydrogen) atoms. The molecule has 6 nitrogen and oxygen atoms in total. The van der Waals surface area contributed by atoms with Gasteiger partial charge in [-0.05, 0) is 38.5 Å². The highest BCUT2D eigenvalue weighted by atomic mass is 19.1. The van der Waals surface area contributed by atoms with E-state index in [4.69, 9.17) is 0 Å². The third-order valence-electron chi connectivity index (χ3n) is 6.44. The second-order valence-electron chi connectivity index (χ2n) is 8.17. The number of hydrogen-bond donors (Lipinski definition) is 0. The van der Waals surface area contributed by atoms with Crippen molar-refractivity contribution in [3.05, 3.63) is 52.6 Å². The summed E-state index contributed by atoms with van der Waals surface area (Å²) in [5.41, 5.74) is 3.11. The molecule has 2 saturated heterocycles. The minimum Gasteiger partial charge on any atom is -0.338 e. The molecule has 2 fully saturated rings. The molecule has 1 aromatic carbocycles. The monoisotopic (exact) mass is 398 g/mol. The Labute approximate surface area is 170 Å². The first-order valence-electron chi connectivity index (χ1n) is 10.2. The highest BCUT2D eigenvalue weighted by molar-refractivity contribution is 5.96. The number of likely N-dealkylation sites (tertiary alicyclic amines) is 2. The fourth-order valence-electron chi connectivity index (χ4n) is 5.13. The van der Waals surface area contributed by atoms with Crippen molar-refractivity contribution in [2.75, 3.05) is 19.6 Å². The summed E-state index contributed by atoms with van der Waals surface area (Å²) in [6.45, 7) is 9.85. The number of nitrogens with zero attached hydrogens (tertiary/aromatic N) is 4. The topological polar surface area (TPSA) is 58.4 Å². The van der Waals surface area contributed by atoms with E-state index in [1.807, 2.05) is 41.3 Å². The molecule has 7 heteroatoms. The smallest absolute Gasteiger partial charge is 0.257 e. The molecule has 0 N–H and O–H groups in total. The zero-order chi connectivity index (χ0) is 20.9. The van der Waals surface area contributed by atoms with Crippen LogP contribution in [0, 0.1) is 31.5 Å². The summed E-state index contributed by atoms with van der Waals surface area (Å²) in [6, 6.07) is 6.27. The maximum atomic E-state index is 13.9. The van der Waals surface area contributed by atoms with Crippen LogP contribution >= 0.6 is 0 Å². The van der Waals surface area contributed by atoms with Crippen LogP contribution in [-0.4, -0.2) is 51.0 Å². The number of halogens is 1. The summed E-state index contributed by atoms with van der Waals surface area (Å²) in [6.07, 6.45) is 0. The number of carbonyl (C=O) groups excluding carboxylic acids is 2. The zero-order valence-electron chi connectivity index (χ0n) is 17.4.